The molecule has 0 aromatic heterocycles. The Bertz CT molecular complexity index is 1090. The molecule has 0 spiro atoms. The van der Waals surface area contributed by atoms with Crippen molar-refractivity contribution in [3.05, 3.63) is 40.0 Å². The SMILES string of the molecule is CCCC(C)(C)[Si](C)(C)O[C@@H]1C2=C(CCCC2)C2=[C]1[Zr+2][C]1=C(CC2)C2=C(CCCC2)[C@@H]1O[Si](C)(C)C(C)(C)CCC.[Cl-].[Cl-]. The minimum absolute atomic E-state index is 0. The molecule has 0 bridgehead atoms. The molecule has 0 aromatic carbocycles. The van der Waals surface area contributed by atoms with E-state index in [9.17, 15) is 0 Å². The summed E-state index contributed by atoms with van der Waals surface area (Å²) in [5.41, 5.74) is 10.6. The van der Waals surface area contributed by atoms with E-state index in [1.165, 1.54) is 89.9 Å². The molecule has 242 valence electrons. The molecular formula is C36H60Cl2O2Si2Zr. The number of rotatable bonds is 10. The van der Waals surface area contributed by atoms with Gasteiger partial charge in [-0.25, -0.2) is 0 Å². The fourth-order valence-electron chi connectivity index (χ4n) is 8.38. The molecule has 5 aliphatic rings. The minimum Gasteiger partial charge on any atom is -1.00 e. The number of hydrogen-bond acceptors (Lipinski definition) is 2. The van der Waals surface area contributed by atoms with E-state index in [-0.39, 0.29) is 24.8 Å². The summed E-state index contributed by atoms with van der Waals surface area (Å²) in [5.74, 6) is 0. The average molecular weight is 743 g/mol. The first kappa shape index (κ1) is 38.2. The van der Waals surface area contributed by atoms with Crippen molar-refractivity contribution < 1.29 is 56.9 Å². The molecule has 4 aliphatic carbocycles. The van der Waals surface area contributed by atoms with Crippen LogP contribution in [0.5, 0.6) is 0 Å². The monoisotopic (exact) mass is 740 g/mol. The van der Waals surface area contributed by atoms with Gasteiger partial charge < -0.3 is 24.8 Å². The van der Waals surface area contributed by atoms with Gasteiger partial charge in [-0.3, -0.25) is 0 Å². The maximum absolute atomic E-state index is 7.60. The Hall–Kier alpha value is 0.777. The molecule has 2 atom stereocenters. The van der Waals surface area contributed by atoms with Gasteiger partial charge in [-0.2, -0.15) is 0 Å². The van der Waals surface area contributed by atoms with Crippen LogP contribution < -0.4 is 24.8 Å². The first-order valence-electron chi connectivity index (χ1n) is 17.3. The molecule has 2 nitrogen and oxygen atoms in total. The van der Waals surface area contributed by atoms with Crippen LogP contribution in [0.1, 0.15) is 131 Å². The molecule has 0 amide bonds. The molecule has 43 heavy (non-hydrogen) atoms. The molecule has 0 aromatic rings. The summed E-state index contributed by atoms with van der Waals surface area (Å²) in [6, 6.07) is 0. The number of halogens is 2. The molecule has 5 rings (SSSR count). The third kappa shape index (κ3) is 7.14. The van der Waals surface area contributed by atoms with Crippen LogP contribution in [0.2, 0.25) is 36.3 Å². The average Bonchev–Trinajstić information content (AvgIpc) is 3.24. The molecule has 0 N–H and O–H groups in total. The Balaban J connectivity index is 0.00000253. The van der Waals surface area contributed by atoms with Crippen molar-refractivity contribution in [1.82, 2.24) is 0 Å². The van der Waals surface area contributed by atoms with Gasteiger partial charge in [-0.1, -0.05) is 0 Å². The second-order valence-electron chi connectivity index (χ2n) is 16.1. The molecule has 0 radical (unpaired) electrons. The van der Waals surface area contributed by atoms with Crippen LogP contribution >= 0.6 is 0 Å². The van der Waals surface area contributed by atoms with E-state index in [0.29, 0.717) is 22.3 Å². The van der Waals surface area contributed by atoms with Crippen molar-refractivity contribution in [2.24, 2.45) is 0 Å². The summed E-state index contributed by atoms with van der Waals surface area (Å²) in [6.45, 7) is 24.8. The molecule has 0 saturated carbocycles. The Morgan fingerprint density at radius 1 is 0.581 bits per heavy atom. The van der Waals surface area contributed by atoms with Gasteiger partial charge >= 0.3 is 269 Å². The van der Waals surface area contributed by atoms with Crippen molar-refractivity contribution in [2.45, 2.75) is 180 Å². The van der Waals surface area contributed by atoms with Gasteiger partial charge in [0, 0.05) is 0 Å². The van der Waals surface area contributed by atoms with Crippen LogP contribution in [0.3, 0.4) is 0 Å². The summed E-state index contributed by atoms with van der Waals surface area (Å²) >= 11 is -1.04. The van der Waals surface area contributed by atoms with Crippen LogP contribution in [-0.2, 0) is 32.1 Å². The third-order valence-electron chi connectivity index (χ3n) is 12.3. The molecular weight excluding hydrogens is 683 g/mol. The van der Waals surface area contributed by atoms with E-state index in [1.54, 1.807) is 33.4 Å². The molecule has 0 unspecified atom stereocenters. The summed E-state index contributed by atoms with van der Waals surface area (Å²) in [7, 11) is -3.86. The standard InChI is InChI=1S/C36H60O2Si2.2ClH.Zr/c1-11-23-35(3,4)39(7,8)37-33-25-27(29-17-13-15-19-31(29)33)21-22-28-26-34(32-20-16-14-18-30(28)32)38-40(9,10)36(5,6)24-12-2;;;/h33-34H,11-24H2,1-10H3;2*1H;/q;;;+2/p-2/t33-,34+;;;. The second-order valence-corrected chi connectivity index (χ2v) is 28.6. The first-order valence-corrected chi connectivity index (χ1v) is 25.6. The smallest absolute Gasteiger partial charge is 1.00 e. The van der Waals surface area contributed by atoms with Crippen molar-refractivity contribution in [1.29, 1.82) is 0 Å². The van der Waals surface area contributed by atoms with Gasteiger partial charge in [0.25, 0.3) is 0 Å². The van der Waals surface area contributed by atoms with Gasteiger partial charge in [-0.15, -0.1) is 0 Å². The summed E-state index contributed by atoms with van der Waals surface area (Å²) in [5, 5.41) is 0.585. The van der Waals surface area contributed by atoms with Crippen LogP contribution in [0, 0.1) is 0 Å². The van der Waals surface area contributed by atoms with E-state index < -0.39 is 39.9 Å². The van der Waals surface area contributed by atoms with Crippen molar-refractivity contribution in [3.8, 4) is 0 Å². The van der Waals surface area contributed by atoms with Crippen molar-refractivity contribution in [2.75, 3.05) is 0 Å². The van der Waals surface area contributed by atoms with Crippen LogP contribution in [0.4, 0.5) is 0 Å². The van der Waals surface area contributed by atoms with E-state index in [1.807, 2.05) is 6.56 Å². The Morgan fingerprint density at radius 2 is 0.930 bits per heavy atom. The number of fused-ring (bicyclic) bond motifs is 2. The zero-order valence-corrected chi connectivity index (χ0v) is 35.1. The van der Waals surface area contributed by atoms with E-state index in [2.05, 4.69) is 67.7 Å². The maximum Gasteiger partial charge on any atom is -1.00 e. The molecule has 0 fully saturated rings. The third-order valence-corrected chi connectivity index (χ3v) is 25.1. The van der Waals surface area contributed by atoms with Crippen molar-refractivity contribution in [3.63, 3.8) is 0 Å². The quantitative estimate of drug-likeness (QED) is 0.276. The maximum atomic E-state index is 7.60. The fraction of sp³-hybridized carbons (Fsp3) is 0.778. The second kappa shape index (κ2) is 14.5. The van der Waals surface area contributed by atoms with E-state index >= 15 is 0 Å². The summed E-state index contributed by atoms with van der Waals surface area (Å²) in [6.07, 6.45) is 18.8. The van der Waals surface area contributed by atoms with E-state index in [0.717, 1.165) is 0 Å². The summed E-state index contributed by atoms with van der Waals surface area (Å²) < 4.78 is 18.9. The zero-order valence-electron chi connectivity index (χ0n) is 29.1. The van der Waals surface area contributed by atoms with Crippen LogP contribution in [0.25, 0.3) is 0 Å². The number of hydrogen-bond donors (Lipinski definition) is 0. The zero-order chi connectivity index (χ0) is 29.8. The predicted octanol–water partition coefficient (Wildman–Crippen LogP) is 5.49. The van der Waals surface area contributed by atoms with Gasteiger partial charge in [-0.05, 0) is 0 Å². The molecule has 1 heterocycles. The minimum atomic E-state index is -1.93. The van der Waals surface area contributed by atoms with Gasteiger partial charge in [0.05, 0.1) is 0 Å². The Morgan fingerprint density at radius 3 is 1.28 bits per heavy atom. The normalized spacial score (nSPS) is 24.3. The molecule has 7 heteroatoms. The molecule has 0 saturated heterocycles. The topological polar surface area (TPSA) is 18.5 Å². The van der Waals surface area contributed by atoms with E-state index in [4.69, 9.17) is 8.85 Å². The van der Waals surface area contributed by atoms with Gasteiger partial charge in [0.1, 0.15) is 0 Å². The van der Waals surface area contributed by atoms with Crippen LogP contribution in [-0.4, -0.2) is 28.8 Å². The Labute approximate surface area is 291 Å². The van der Waals surface area contributed by atoms with Crippen LogP contribution in [0.15, 0.2) is 40.0 Å². The number of allylic oxidation sites excluding steroid dienone is 4. The molecule has 1 aliphatic heterocycles. The largest absolute Gasteiger partial charge is 1.00 e. The predicted molar refractivity (Wildman–Crippen MR) is 177 cm³/mol. The fourth-order valence-corrected chi connectivity index (χ4v) is 17.6. The first-order chi connectivity index (χ1) is 19.2. The summed E-state index contributed by atoms with van der Waals surface area (Å²) in [4.78, 5) is 0. The van der Waals surface area contributed by atoms with Gasteiger partial charge in [0.15, 0.2) is 0 Å². The van der Waals surface area contributed by atoms with Crippen molar-refractivity contribution >= 4 is 16.6 Å². The van der Waals surface area contributed by atoms with Gasteiger partial charge in [0.2, 0.25) is 0 Å². The Kier molecular flexibility index (Phi) is 12.9.